The van der Waals surface area contributed by atoms with Crippen molar-refractivity contribution in [3.63, 3.8) is 0 Å². The summed E-state index contributed by atoms with van der Waals surface area (Å²) in [6.07, 6.45) is 0. The van der Waals surface area contributed by atoms with Crippen LogP contribution in [0.3, 0.4) is 0 Å². The fraction of sp³-hybridized carbons (Fsp3) is 0.185. The van der Waals surface area contributed by atoms with E-state index in [1.165, 1.54) is 21.9 Å². The highest BCUT2D eigenvalue weighted by atomic mass is 16.5. The summed E-state index contributed by atoms with van der Waals surface area (Å²) in [5, 5.41) is 6.04. The minimum atomic E-state index is 0.205. The van der Waals surface area contributed by atoms with E-state index in [2.05, 4.69) is 70.9 Å². The molecule has 3 nitrogen and oxygen atoms in total. The van der Waals surface area contributed by atoms with Gasteiger partial charge in [0.05, 0.1) is 6.04 Å². The molecule has 1 aliphatic heterocycles. The van der Waals surface area contributed by atoms with Crippen molar-refractivity contribution in [1.82, 2.24) is 10.2 Å². The van der Waals surface area contributed by atoms with Gasteiger partial charge in [-0.2, -0.15) is 0 Å². The number of rotatable bonds is 5. The van der Waals surface area contributed by atoms with Gasteiger partial charge >= 0.3 is 0 Å². The van der Waals surface area contributed by atoms with Gasteiger partial charge in [0.15, 0.2) is 0 Å². The van der Waals surface area contributed by atoms with Gasteiger partial charge in [-0.3, -0.25) is 4.90 Å². The molecular weight excluding hydrogens is 368 g/mol. The van der Waals surface area contributed by atoms with Gasteiger partial charge in [-0.15, -0.1) is 0 Å². The van der Waals surface area contributed by atoms with Crippen LogP contribution in [0.2, 0.25) is 0 Å². The first-order chi connectivity index (χ1) is 14.9. The maximum atomic E-state index is 6.13. The Morgan fingerprint density at radius 1 is 0.633 bits per heavy atom. The van der Waals surface area contributed by atoms with Gasteiger partial charge in [-0.25, -0.2) is 0 Å². The smallest absolute Gasteiger partial charge is 0.127 e. The number of hydrogen-bond donors (Lipinski definition) is 1. The molecule has 0 aliphatic carbocycles. The molecule has 1 atom stereocenters. The lowest BCUT2D eigenvalue weighted by molar-refractivity contribution is 0.198. The summed E-state index contributed by atoms with van der Waals surface area (Å²) in [5.74, 6) is 1.73. The summed E-state index contributed by atoms with van der Waals surface area (Å²) >= 11 is 0. The Labute approximate surface area is 177 Å². The molecule has 1 heterocycles. The lowest BCUT2D eigenvalue weighted by Crippen LogP contribution is -2.45. The van der Waals surface area contributed by atoms with Crippen molar-refractivity contribution in [2.75, 3.05) is 26.2 Å². The fourth-order valence-electron chi connectivity index (χ4n) is 4.31. The van der Waals surface area contributed by atoms with Crippen molar-refractivity contribution in [2.45, 2.75) is 6.04 Å². The van der Waals surface area contributed by atoms with Crippen LogP contribution in [0.15, 0.2) is 97.1 Å². The predicted molar refractivity (Wildman–Crippen MR) is 123 cm³/mol. The van der Waals surface area contributed by atoms with Crippen molar-refractivity contribution in [3.8, 4) is 11.5 Å². The number of ether oxygens (including phenoxy) is 1. The summed E-state index contributed by atoms with van der Waals surface area (Å²) in [6, 6.07) is 34.2. The molecule has 1 N–H and O–H groups in total. The van der Waals surface area contributed by atoms with Crippen molar-refractivity contribution in [1.29, 1.82) is 0 Å². The van der Waals surface area contributed by atoms with E-state index in [9.17, 15) is 0 Å². The number of benzene rings is 4. The summed E-state index contributed by atoms with van der Waals surface area (Å²) in [7, 11) is 0. The van der Waals surface area contributed by atoms with Gasteiger partial charge in [0.1, 0.15) is 11.5 Å². The molecule has 30 heavy (non-hydrogen) atoms. The summed E-state index contributed by atoms with van der Waals surface area (Å²) in [5.41, 5.74) is 2.59. The minimum absolute atomic E-state index is 0.205. The molecule has 1 saturated heterocycles. The molecule has 0 radical (unpaired) electrons. The molecule has 5 rings (SSSR count). The van der Waals surface area contributed by atoms with Gasteiger partial charge in [0.2, 0.25) is 0 Å². The topological polar surface area (TPSA) is 24.5 Å². The predicted octanol–water partition coefficient (Wildman–Crippen LogP) is 5.63. The average molecular weight is 395 g/mol. The normalized spacial score (nSPS) is 15.7. The van der Waals surface area contributed by atoms with Gasteiger partial charge in [-0.05, 0) is 52.2 Å². The molecular formula is C27H26N2O. The average Bonchev–Trinajstić information content (AvgIpc) is 2.81. The highest BCUT2D eigenvalue weighted by Gasteiger charge is 2.24. The van der Waals surface area contributed by atoms with Crippen LogP contribution >= 0.6 is 0 Å². The Morgan fingerprint density at radius 2 is 1.33 bits per heavy atom. The van der Waals surface area contributed by atoms with E-state index in [0.29, 0.717) is 0 Å². The number of hydrogen-bond acceptors (Lipinski definition) is 3. The van der Waals surface area contributed by atoms with E-state index in [1.807, 2.05) is 36.4 Å². The molecule has 150 valence electrons. The molecule has 4 aromatic carbocycles. The number of nitrogens with zero attached hydrogens (tertiary/aromatic N) is 1. The third kappa shape index (κ3) is 4.09. The zero-order valence-corrected chi connectivity index (χ0v) is 17.0. The molecule has 0 aromatic heterocycles. The number of piperazine rings is 1. The van der Waals surface area contributed by atoms with E-state index in [4.69, 9.17) is 4.74 Å². The third-order valence-electron chi connectivity index (χ3n) is 5.76. The van der Waals surface area contributed by atoms with Crippen LogP contribution in [0.4, 0.5) is 0 Å². The largest absolute Gasteiger partial charge is 0.457 e. The number of para-hydroxylation sites is 1. The van der Waals surface area contributed by atoms with Gasteiger partial charge in [0, 0.05) is 26.2 Å². The second kappa shape index (κ2) is 8.70. The van der Waals surface area contributed by atoms with Crippen LogP contribution in [0.1, 0.15) is 17.2 Å². The van der Waals surface area contributed by atoms with E-state index >= 15 is 0 Å². The monoisotopic (exact) mass is 394 g/mol. The Hall–Kier alpha value is -3.14. The molecule has 1 aliphatic rings. The van der Waals surface area contributed by atoms with Crippen molar-refractivity contribution in [3.05, 3.63) is 108 Å². The van der Waals surface area contributed by atoms with Crippen LogP contribution < -0.4 is 10.1 Å². The Kier molecular flexibility index (Phi) is 5.47. The SMILES string of the molecule is c1ccc(Oc2cccc(C(c3ccc4ccccc4c3)N3CCNCC3)c2)cc1. The van der Waals surface area contributed by atoms with Crippen LogP contribution in [0.5, 0.6) is 11.5 Å². The molecule has 0 amide bonds. The minimum Gasteiger partial charge on any atom is -0.457 e. The van der Waals surface area contributed by atoms with Gasteiger partial charge in [0.25, 0.3) is 0 Å². The molecule has 0 spiro atoms. The molecule has 0 bridgehead atoms. The third-order valence-corrected chi connectivity index (χ3v) is 5.76. The van der Waals surface area contributed by atoms with Crippen molar-refractivity contribution < 1.29 is 4.74 Å². The van der Waals surface area contributed by atoms with E-state index in [1.54, 1.807) is 0 Å². The lowest BCUT2D eigenvalue weighted by Gasteiger charge is -2.36. The van der Waals surface area contributed by atoms with Gasteiger partial charge in [-0.1, -0.05) is 66.7 Å². The molecule has 1 unspecified atom stereocenters. The van der Waals surface area contributed by atoms with E-state index < -0.39 is 0 Å². The first kappa shape index (κ1) is 18.9. The Balaban J connectivity index is 1.53. The Morgan fingerprint density at radius 3 is 2.17 bits per heavy atom. The number of nitrogens with one attached hydrogen (secondary N) is 1. The van der Waals surface area contributed by atoms with Crippen LogP contribution in [0.25, 0.3) is 10.8 Å². The maximum Gasteiger partial charge on any atom is 0.127 e. The highest BCUT2D eigenvalue weighted by Crippen LogP contribution is 2.33. The van der Waals surface area contributed by atoms with Crippen LogP contribution in [-0.4, -0.2) is 31.1 Å². The standard InChI is InChI=1S/C27H26N2O/c1-2-10-25(11-3-1)30-26-12-6-9-23(20-26)27(29-17-15-28-16-18-29)24-14-13-21-7-4-5-8-22(21)19-24/h1-14,19-20,27-28H,15-18H2. The maximum absolute atomic E-state index is 6.13. The first-order valence-electron chi connectivity index (χ1n) is 10.6. The Bertz CT molecular complexity index is 1120. The second-order valence-corrected chi connectivity index (χ2v) is 7.78. The second-order valence-electron chi connectivity index (χ2n) is 7.78. The first-order valence-corrected chi connectivity index (χ1v) is 10.6. The molecule has 4 aromatic rings. The lowest BCUT2D eigenvalue weighted by atomic mass is 9.94. The highest BCUT2D eigenvalue weighted by molar-refractivity contribution is 5.83. The quantitative estimate of drug-likeness (QED) is 0.475. The summed E-state index contributed by atoms with van der Waals surface area (Å²) in [6.45, 7) is 4.09. The van der Waals surface area contributed by atoms with E-state index in [-0.39, 0.29) is 6.04 Å². The van der Waals surface area contributed by atoms with Gasteiger partial charge < -0.3 is 10.1 Å². The zero-order valence-electron chi connectivity index (χ0n) is 17.0. The van der Waals surface area contributed by atoms with Crippen LogP contribution in [-0.2, 0) is 0 Å². The van der Waals surface area contributed by atoms with E-state index in [0.717, 1.165) is 37.7 Å². The molecule has 0 saturated carbocycles. The van der Waals surface area contributed by atoms with Crippen LogP contribution in [0, 0.1) is 0 Å². The van der Waals surface area contributed by atoms with Crippen molar-refractivity contribution >= 4 is 10.8 Å². The summed E-state index contributed by atoms with van der Waals surface area (Å²) in [4.78, 5) is 2.57. The summed E-state index contributed by atoms with van der Waals surface area (Å²) < 4.78 is 6.13. The molecule has 1 fully saturated rings. The molecule has 3 heteroatoms. The number of fused-ring (bicyclic) bond motifs is 1. The zero-order chi connectivity index (χ0) is 20.2. The fourth-order valence-corrected chi connectivity index (χ4v) is 4.31. The van der Waals surface area contributed by atoms with Crippen molar-refractivity contribution in [2.24, 2.45) is 0 Å².